The molecule has 0 saturated carbocycles. The molecule has 5 rings (SSSR count). The molecule has 1 aliphatic rings. The molecule has 1 aliphatic heterocycles. The van der Waals surface area contributed by atoms with Gasteiger partial charge in [0.2, 0.25) is 5.91 Å². The van der Waals surface area contributed by atoms with E-state index in [9.17, 15) is 4.79 Å². The normalized spacial score (nSPS) is 13.6. The summed E-state index contributed by atoms with van der Waals surface area (Å²) in [5, 5.41) is 9.10. The largest absolute Gasteiger partial charge is 0.368 e. The lowest BCUT2D eigenvalue weighted by Gasteiger charge is -2.22. The molecule has 3 aromatic heterocycles. The predicted octanol–water partition coefficient (Wildman–Crippen LogP) is 2.02. The maximum atomic E-state index is 11.8. The number of amides is 1. The van der Waals surface area contributed by atoms with Gasteiger partial charge in [0.1, 0.15) is 5.54 Å². The van der Waals surface area contributed by atoms with Crippen LogP contribution >= 0.6 is 0 Å². The second-order valence-electron chi connectivity index (χ2n) is 7.82. The van der Waals surface area contributed by atoms with Crippen LogP contribution in [0.3, 0.4) is 0 Å². The molecule has 31 heavy (non-hydrogen) atoms. The van der Waals surface area contributed by atoms with Crippen LogP contribution in [0, 0.1) is 0 Å². The summed E-state index contributed by atoms with van der Waals surface area (Å²) >= 11 is 0. The summed E-state index contributed by atoms with van der Waals surface area (Å²) in [4.78, 5) is 25.2. The van der Waals surface area contributed by atoms with Gasteiger partial charge < -0.3 is 5.73 Å². The molecular weight excluding hydrogens is 394 g/mol. The molecule has 3 N–H and O–H groups in total. The van der Waals surface area contributed by atoms with E-state index < -0.39 is 11.4 Å². The molecule has 0 spiro atoms. The van der Waals surface area contributed by atoms with Crippen LogP contribution in [0.2, 0.25) is 0 Å². The number of carbonyl (C=O) groups is 1. The van der Waals surface area contributed by atoms with Crippen LogP contribution in [0.1, 0.15) is 19.4 Å². The zero-order valence-electron chi connectivity index (χ0n) is 17.1. The van der Waals surface area contributed by atoms with Crippen molar-refractivity contribution >= 4 is 34.1 Å². The zero-order valence-corrected chi connectivity index (χ0v) is 17.1. The van der Waals surface area contributed by atoms with E-state index in [0.29, 0.717) is 23.9 Å². The van der Waals surface area contributed by atoms with Crippen molar-refractivity contribution in [3.63, 3.8) is 0 Å². The van der Waals surface area contributed by atoms with Crippen LogP contribution in [0.5, 0.6) is 0 Å². The number of benzene rings is 1. The van der Waals surface area contributed by atoms with Gasteiger partial charge in [-0.3, -0.25) is 19.5 Å². The Balaban J connectivity index is 1.45. The van der Waals surface area contributed by atoms with E-state index in [0.717, 1.165) is 16.5 Å². The molecule has 4 heterocycles. The monoisotopic (exact) mass is 415 g/mol. The third kappa shape index (κ3) is 3.22. The van der Waals surface area contributed by atoms with Crippen molar-refractivity contribution in [3.05, 3.63) is 66.9 Å². The maximum absolute atomic E-state index is 11.8. The van der Waals surface area contributed by atoms with E-state index in [-0.39, 0.29) is 0 Å². The first-order chi connectivity index (χ1) is 14.9. The number of pyridine rings is 1. The number of hydrazine groups is 2. The number of aromatic nitrogens is 5. The second-order valence-corrected chi connectivity index (χ2v) is 7.82. The van der Waals surface area contributed by atoms with E-state index in [2.05, 4.69) is 31.7 Å². The SMILES string of the molecule is CC(C)(C(N)=O)n1cc(N2NN(Cc3ccc4ncccc4c3)c3nccnc32)cn1. The highest BCUT2D eigenvalue weighted by atomic mass is 16.1. The van der Waals surface area contributed by atoms with Gasteiger partial charge in [-0.15, -0.1) is 5.53 Å². The maximum Gasteiger partial charge on any atom is 0.244 e. The van der Waals surface area contributed by atoms with Gasteiger partial charge in [0.05, 0.1) is 30.1 Å². The average Bonchev–Trinajstić information content (AvgIpc) is 3.40. The van der Waals surface area contributed by atoms with Crippen molar-refractivity contribution < 1.29 is 4.79 Å². The van der Waals surface area contributed by atoms with E-state index in [1.54, 1.807) is 54.5 Å². The van der Waals surface area contributed by atoms with Crippen molar-refractivity contribution in [2.75, 3.05) is 10.0 Å². The minimum atomic E-state index is -0.956. The Bertz CT molecular complexity index is 1280. The minimum Gasteiger partial charge on any atom is -0.368 e. The Labute approximate surface area is 178 Å². The lowest BCUT2D eigenvalue weighted by molar-refractivity contribution is -0.125. The van der Waals surface area contributed by atoms with Crippen molar-refractivity contribution in [1.82, 2.24) is 30.3 Å². The third-order valence-electron chi connectivity index (χ3n) is 5.36. The van der Waals surface area contributed by atoms with Gasteiger partial charge in [0, 0.05) is 24.0 Å². The molecule has 0 bridgehead atoms. The van der Waals surface area contributed by atoms with Crippen LogP contribution in [-0.2, 0) is 16.9 Å². The molecule has 1 aromatic carbocycles. The molecule has 1 amide bonds. The van der Waals surface area contributed by atoms with Crippen molar-refractivity contribution in [2.45, 2.75) is 25.9 Å². The lowest BCUT2D eigenvalue weighted by Crippen LogP contribution is -2.42. The van der Waals surface area contributed by atoms with Crippen molar-refractivity contribution in [3.8, 4) is 0 Å². The molecular formula is C21H21N9O. The fourth-order valence-electron chi connectivity index (χ4n) is 3.43. The van der Waals surface area contributed by atoms with Crippen LogP contribution in [0.15, 0.2) is 61.3 Å². The molecule has 0 saturated heterocycles. The Morgan fingerprint density at radius 2 is 1.90 bits per heavy atom. The number of fused-ring (bicyclic) bond motifs is 2. The molecule has 156 valence electrons. The van der Waals surface area contributed by atoms with Gasteiger partial charge in [0.15, 0.2) is 11.6 Å². The summed E-state index contributed by atoms with van der Waals surface area (Å²) < 4.78 is 1.54. The zero-order chi connectivity index (χ0) is 21.6. The number of hydrogen-bond donors (Lipinski definition) is 2. The number of carbonyl (C=O) groups excluding carboxylic acids is 1. The Morgan fingerprint density at radius 3 is 2.71 bits per heavy atom. The molecule has 4 aromatic rings. The number of rotatable bonds is 5. The average molecular weight is 415 g/mol. The smallest absolute Gasteiger partial charge is 0.244 e. The molecule has 0 atom stereocenters. The summed E-state index contributed by atoms with van der Waals surface area (Å²) in [5.41, 5.74) is 10.6. The van der Waals surface area contributed by atoms with E-state index in [4.69, 9.17) is 5.73 Å². The molecule has 10 heteroatoms. The Morgan fingerprint density at radius 1 is 1.10 bits per heavy atom. The quantitative estimate of drug-likeness (QED) is 0.508. The fraction of sp³-hybridized carbons (Fsp3) is 0.190. The minimum absolute atomic E-state index is 0.468. The van der Waals surface area contributed by atoms with E-state index >= 15 is 0 Å². The number of primary amides is 1. The van der Waals surface area contributed by atoms with E-state index in [1.165, 1.54) is 0 Å². The van der Waals surface area contributed by atoms with Crippen LogP contribution < -0.4 is 21.3 Å². The number of anilines is 3. The van der Waals surface area contributed by atoms with Gasteiger partial charge in [0.25, 0.3) is 0 Å². The molecule has 0 unspecified atom stereocenters. The highest BCUT2D eigenvalue weighted by Gasteiger charge is 2.33. The van der Waals surface area contributed by atoms with Crippen LogP contribution in [0.4, 0.5) is 17.3 Å². The lowest BCUT2D eigenvalue weighted by atomic mass is 10.1. The highest BCUT2D eigenvalue weighted by Crippen LogP contribution is 2.35. The summed E-state index contributed by atoms with van der Waals surface area (Å²) in [7, 11) is 0. The Hall–Kier alpha value is -4.05. The van der Waals surface area contributed by atoms with Crippen molar-refractivity contribution in [2.24, 2.45) is 5.73 Å². The summed E-state index contributed by atoms with van der Waals surface area (Å²) in [6.07, 6.45) is 8.48. The predicted molar refractivity (Wildman–Crippen MR) is 116 cm³/mol. The van der Waals surface area contributed by atoms with E-state index in [1.807, 2.05) is 29.3 Å². The van der Waals surface area contributed by atoms with Gasteiger partial charge in [-0.2, -0.15) is 5.10 Å². The number of hydrogen-bond acceptors (Lipinski definition) is 8. The summed E-state index contributed by atoms with van der Waals surface area (Å²) in [5.74, 6) is 0.862. The molecule has 0 fully saturated rings. The number of nitrogens with two attached hydrogens (primary N) is 1. The topological polar surface area (TPSA) is 118 Å². The number of nitrogens with one attached hydrogen (secondary N) is 1. The molecule has 0 aliphatic carbocycles. The van der Waals surface area contributed by atoms with Gasteiger partial charge in [-0.1, -0.05) is 12.1 Å². The van der Waals surface area contributed by atoms with Crippen molar-refractivity contribution in [1.29, 1.82) is 0 Å². The van der Waals surface area contributed by atoms with Gasteiger partial charge in [-0.05, 0) is 37.6 Å². The molecule has 0 radical (unpaired) electrons. The van der Waals surface area contributed by atoms with Gasteiger partial charge >= 0.3 is 0 Å². The second kappa shape index (κ2) is 7.03. The number of nitrogens with zero attached hydrogens (tertiary/aromatic N) is 7. The first kappa shape index (κ1) is 18.9. The fourth-order valence-corrected chi connectivity index (χ4v) is 3.43. The summed E-state index contributed by atoms with van der Waals surface area (Å²) in [6, 6.07) is 10.1. The highest BCUT2D eigenvalue weighted by molar-refractivity contribution is 5.82. The molecule has 10 nitrogen and oxygen atoms in total. The first-order valence-corrected chi connectivity index (χ1v) is 9.77. The standard InChI is InChI=1S/C21H21N9O/c1-21(2,20(22)31)29-13-16(11-26-29)30-19-18(24-8-9-25-19)28(27-30)12-14-5-6-17-15(10-14)4-3-7-23-17/h3-11,13,27H,12H2,1-2H3,(H2,22,31). The van der Waals surface area contributed by atoms with Crippen LogP contribution in [-0.4, -0.2) is 30.6 Å². The first-order valence-electron chi connectivity index (χ1n) is 9.77. The summed E-state index contributed by atoms with van der Waals surface area (Å²) in [6.45, 7) is 4.00. The van der Waals surface area contributed by atoms with Crippen LogP contribution in [0.25, 0.3) is 10.9 Å². The van der Waals surface area contributed by atoms with Gasteiger partial charge in [-0.25, -0.2) is 15.0 Å². The Kier molecular flexibility index (Phi) is 4.29. The third-order valence-corrected chi connectivity index (χ3v) is 5.36.